The Morgan fingerprint density at radius 2 is 1.91 bits per heavy atom. The van der Waals surface area contributed by atoms with E-state index in [0.29, 0.717) is 18.3 Å². The van der Waals surface area contributed by atoms with Gasteiger partial charge in [0.05, 0.1) is 5.52 Å². The second-order valence-electron chi connectivity index (χ2n) is 9.28. The quantitative estimate of drug-likeness (QED) is 0.580. The predicted octanol–water partition coefficient (Wildman–Crippen LogP) is 3.29. The number of amides is 1. The van der Waals surface area contributed by atoms with Crippen LogP contribution >= 0.6 is 0 Å². The maximum absolute atomic E-state index is 13.0. The number of pyridine rings is 1. The van der Waals surface area contributed by atoms with Crippen molar-refractivity contribution < 1.29 is 4.79 Å². The molecule has 0 spiro atoms. The lowest BCUT2D eigenvalue weighted by Gasteiger charge is -2.32. The second kappa shape index (κ2) is 9.46. The molecule has 1 saturated heterocycles. The van der Waals surface area contributed by atoms with Crippen molar-refractivity contribution in [3.8, 4) is 11.4 Å². The summed E-state index contributed by atoms with van der Waals surface area (Å²) < 4.78 is 4.36. The second-order valence-corrected chi connectivity index (χ2v) is 9.28. The van der Waals surface area contributed by atoms with Crippen LogP contribution in [0.25, 0.3) is 16.9 Å². The van der Waals surface area contributed by atoms with Gasteiger partial charge in [0.1, 0.15) is 5.82 Å². The summed E-state index contributed by atoms with van der Waals surface area (Å²) in [7, 11) is 2.17. The van der Waals surface area contributed by atoms with E-state index >= 15 is 0 Å². The van der Waals surface area contributed by atoms with Gasteiger partial charge < -0.3 is 19.7 Å². The summed E-state index contributed by atoms with van der Waals surface area (Å²) in [4.78, 5) is 22.6. The fourth-order valence-electron chi connectivity index (χ4n) is 5.04. The van der Waals surface area contributed by atoms with Crippen molar-refractivity contribution >= 4 is 11.4 Å². The van der Waals surface area contributed by atoms with Crippen LogP contribution < -0.4 is 5.32 Å². The van der Waals surface area contributed by atoms with Gasteiger partial charge in [-0.3, -0.25) is 9.20 Å². The van der Waals surface area contributed by atoms with Crippen LogP contribution in [-0.4, -0.2) is 76.0 Å². The zero-order valence-corrected chi connectivity index (χ0v) is 19.0. The molecule has 7 nitrogen and oxygen atoms in total. The topological polar surface area (TPSA) is 57.8 Å². The molecule has 3 aromatic rings. The van der Waals surface area contributed by atoms with E-state index in [-0.39, 0.29) is 5.91 Å². The van der Waals surface area contributed by atoms with E-state index in [9.17, 15) is 4.79 Å². The van der Waals surface area contributed by atoms with Gasteiger partial charge in [-0.05, 0) is 51.1 Å². The van der Waals surface area contributed by atoms with Gasteiger partial charge in [-0.1, -0.05) is 18.9 Å². The van der Waals surface area contributed by atoms with E-state index in [4.69, 9.17) is 4.98 Å². The largest absolute Gasteiger partial charge is 0.351 e. The molecular weight excluding hydrogens is 400 g/mol. The number of hydrogen-bond acceptors (Lipinski definition) is 4. The number of nitrogens with zero attached hydrogens (tertiary/aromatic N) is 5. The van der Waals surface area contributed by atoms with Crippen molar-refractivity contribution in [2.75, 3.05) is 46.3 Å². The Kier molecular flexibility index (Phi) is 6.28. The summed E-state index contributed by atoms with van der Waals surface area (Å²) in [5.41, 5.74) is 2.42. The lowest BCUT2D eigenvalue weighted by molar-refractivity contribution is 0.0946. The van der Waals surface area contributed by atoms with Crippen molar-refractivity contribution in [2.24, 2.45) is 0 Å². The molecule has 1 aliphatic carbocycles. The van der Waals surface area contributed by atoms with Gasteiger partial charge >= 0.3 is 0 Å². The Labute approximate surface area is 190 Å². The van der Waals surface area contributed by atoms with E-state index in [1.165, 1.54) is 25.7 Å². The third-order valence-corrected chi connectivity index (χ3v) is 7.01. The number of likely N-dealkylation sites (N-methyl/N-ethyl adjacent to an activating group) is 1. The zero-order valence-electron chi connectivity index (χ0n) is 19.0. The van der Waals surface area contributed by atoms with Gasteiger partial charge in [0.15, 0.2) is 5.69 Å². The third kappa shape index (κ3) is 4.45. The molecule has 4 heterocycles. The van der Waals surface area contributed by atoms with E-state index in [0.717, 1.165) is 56.0 Å². The summed E-state index contributed by atoms with van der Waals surface area (Å²) in [5, 5.41) is 3.10. The number of fused-ring (bicyclic) bond motifs is 1. The monoisotopic (exact) mass is 434 g/mol. The highest BCUT2D eigenvalue weighted by Gasteiger charge is 2.21. The lowest BCUT2D eigenvalue weighted by atomic mass is 10.2. The van der Waals surface area contributed by atoms with Crippen LogP contribution in [0.4, 0.5) is 0 Å². The molecule has 0 bridgehead atoms. The maximum atomic E-state index is 13.0. The standard InChI is InChI=1S/C25H34N6O/c1-28-15-17-29(18-16-28)12-6-11-26-25(32)23-22-9-4-5-13-31(22)24(27-23)20-10-14-30(19-20)21-7-2-3-8-21/h4-5,9-10,13-14,19,21H,2-3,6-8,11-12,15-18H2,1H3,(H,26,32). The van der Waals surface area contributed by atoms with Gasteiger partial charge in [-0.15, -0.1) is 0 Å². The predicted molar refractivity (Wildman–Crippen MR) is 127 cm³/mol. The first-order chi connectivity index (χ1) is 15.7. The lowest BCUT2D eigenvalue weighted by Crippen LogP contribution is -2.45. The fourth-order valence-corrected chi connectivity index (χ4v) is 5.04. The molecule has 1 N–H and O–H groups in total. The Morgan fingerprint density at radius 3 is 2.72 bits per heavy atom. The summed E-state index contributed by atoms with van der Waals surface area (Å²) in [6.07, 6.45) is 12.4. The molecule has 0 aromatic carbocycles. The van der Waals surface area contributed by atoms with Crippen molar-refractivity contribution in [1.82, 2.24) is 29.1 Å². The Balaban J connectivity index is 1.26. The molecule has 170 valence electrons. The first-order valence-electron chi connectivity index (χ1n) is 12.0. The molecule has 7 heteroatoms. The summed E-state index contributed by atoms with van der Waals surface area (Å²) in [5.74, 6) is 0.744. The molecule has 1 aliphatic heterocycles. The van der Waals surface area contributed by atoms with Crippen LogP contribution in [0.15, 0.2) is 42.9 Å². The Hall–Kier alpha value is -2.64. The van der Waals surface area contributed by atoms with Crippen LogP contribution in [0.1, 0.15) is 48.6 Å². The number of nitrogens with one attached hydrogen (secondary N) is 1. The normalized spacial score (nSPS) is 18.5. The summed E-state index contributed by atoms with van der Waals surface area (Å²) in [6.45, 7) is 6.17. The van der Waals surface area contributed by atoms with E-state index in [1.807, 2.05) is 28.8 Å². The van der Waals surface area contributed by atoms with Crippen molar-refractivity contribution in [2.45, 2.75) is 38.1 Å². The average Bonchev–Trinajstić information content (AvgIpc) is 3.57. The number of carbonyl (C=O) groups excluding carboxylic acids is 1. The van der Waals surface area contributed by atoms with Crippen molar-refractivity contribution in [3.63, 3.8) is 0 Å². The van der Waals surface area contributed by atoms with Crippen molar-refractivity contribution in [1.29, 1.82) is 0 Å². The third-order valence-electron chi connectivity index (χ3n) is 7.01. The van der Waals surface area contributed by atoms with Crippen LogP contribution in [0.3, 0.4) is 0 Å². The molecule has 2 aliphatic rings. The molecule has 0 radical (unpaired) electrons. The number of carbonyl (C=O) groups is 1. The average molecular weight is 435 g/mol. The minimum absolute atomic E-state index is 0.0893. The molecule has 0 atom stereocenters. The van der Waals surface area contributed by atoms with Crippen LogP contribution in [0.2, 0.25) is 0 Å². The van der Waals surface area contributed by atoms with Crippen LogP contribution in [0.5, 0.6) is 0 Å². The van der Waals surface area contributed by atoms with Gasteiger partial charge in [-0.2, -0.15) is 0 Å². The molecule has 32 heavy (non-hydrogen) atoms. The maximum Gasteiger partial charge on any atom is 0.272 e. The highest BCUT2D eigenvalue weighted by atomic mass is 16.1. The fraction of sp³-hybridized carbons (Fsp3) is 0.520. The van der Waals surface area contributed by atoms with E-state index < -0.39 is 0 Å². The van der Waals surface area contributed by atoms with Gasteiger partial charge in [0.2, 0.25) is 0 Å². The molecule has 5 rings (SSSR count). The zero-order chi connectivity index (χ0) is 21.9. The number of piperazine rings is 1. The molecule has 3 aromatic heterocycles. The minimum Gasteiger partial charge on any atom is -0.351 e. The van der Waals surface area contributed by atoms with Crippen LogP contribution in [0, 0.1) is 0 Å². The van der Waals surface area contributed by atoms with E-state index in [2.05, 4.69) is 45.2 Å². The molecule has 1 saturated carbocycles. The van der Waals surface area contributed by atoms with Crippen molar-refractivity contribution in [3.05, 3.63) is 48.5 Å². The van der Waals surface area contributed by atoms with E-state index in [1.54, 1.807) is 0 Å². The SMILES string of the molecule is CN1CCN(CCCNC(=O)c2nc(-c3ccn(C4CCCC4)c3)n3ccccc23)CC1. The first kappa shape index (κ1) is 21.2. The first-order valence-corrected chi connectivity index (χ1v) is 12.0. The smallest absolute Gasteiger partial charge is 0.272 e. The molecule has 0 unspecified atom stereocenters. The number of aromatic nitrogens is 3. The van der Waals surface area contributed by atoms with Crippen LogP contribution in [-0.2, 0) is 0 Å². The van der Waals surface area contributed by atoms with Gasteiger partial charge in [-0.25, -0.2) is 4.98 Å². The summed E-state index contributed by atoms with van der Waals surface area (Å²) >= 11 is 0. The number of rotatable bonds is 7. The number of hydrogen-bond donors (Lipinski definition) is 1. The summed E-state index contributed by atoms with van der Waals surface area (Å²) in [6, 6.07) is 8.65. The molecule has 2 fully saturated rings. The number of imidazole rings is 1. The molecule has 1 amide bonds. The highest BCUT2D eigenvalue weighted by Crippen LogP contribution is 2.32. The minimum atomic E-state index is -0.0893. The highest BCUT2D eigenvalue weighted by molar-refractivity contribution is 6.00. The Morgan fingerprint density at radius 1 is 1.09 bits per heavy atom. The molecular formula is C25H34N6O. The van der Waals surface area contributed by atoms with Gasteiger partial charge in [0, 0.05) is 62.9 Å². The van der Waals surface area contributed by atoms with Gasteiger partial charge in [0.25, 0.3) is 5.91 Å². The Bertz CT molecular complexity index is 1060.